The highest BCUT2D eigenvalue weighted by Gasteiger charge is 2.16. The number of rotatable bonds is 4. The number of nitrogens with one attached hydrogen (secondary N) is 1. The normalized spacial score (nSPS) is 11.8. The molecule has 2 rings (SSSR count). The Labute approximate surface area is 136 Å². The fourth-order valence-electron chi connectivity index (χ4n) is 1.85. The smallest absolute Gasteiger partial charge is 0.335 e. The molecule has 0 aliphatic carbocycles. The standard InChI is InChI=1S/C15H12Cl2N2O3/c1-8(9-2-4-10(5-3-9)15(21)22)19-14(20)12-6-11(16)7-18-13(12)17/h2-8H,1H3,(H,19,20)(H,21,22)/t8-/m0/s1. The first-order valence-electron chi connectivity index (χ1n) is 6.33. The number of hydrogen-bond donors (Lipinski definition) is 2. The van der Waals surface area contributed by atoms with E-state index in [1.807, 2.05) is 0 Å². The SMILES string of the molecule is C[C@H](NC(=O)c1cc(Cl)cnc1Cl)c1ccc(C(=O)O)cc1. The molecule has 114 valence electrons. The van der Waals surface area contributed by atoms with Gasteiger partial charge in [-0.25, -0.2) is 9.78 Å². The van der Waals surface area contributed by atoms with Crippen LogP contribution < -0.4 is 5.32 Å². The van der Waals surface area contributed by atoms with Gasteiger partial charge in [0.05, 0.1) is 22.2 Å². The minimum atomic E-state index is -1.000. The van der Waals surface area contributed by atoms with E-state index in [9.17, 15) is 9.59 Å². The molecule has 22 heavy (non-hydrogen) atoms. The Bertz CT molecular complexity index is 717. The van der Waals surface area contributed by atoms with Gasteiger partial charge in [0.25, 0.3) is 5.91 Å². The highest BCUT2D eigenvalue weighted by Crippen LogP contribution is 2.19. The predicted molar refractivity (Wildman–Crippen MR) is 83.5 cm³/mol. The summed E-state index contributed by atoms with van der Waals surface area (Å²) in [6.07, 6.45) is 1.36. The summed E-state index contributed by atoms with van der Waals surface area (Å²) in [6.45, 7) is 1.78. The maximum Gasteiger partial charge on any atom is 0.335 e. The van der Waals surface area contributed by atoms with E-state index in [0.717, 1.165) is 5.56 Å². The third-order valence-corrected chi connectivity index (χ3v) is 3.56. The molecule has 1 amide bonds. The Hall–Kier alpha value is -2.11. The molecule has 0 saturated carbocycles. The number of carbonyl (C=O) groups excluding carboxylic acids is 1. The summed E-state index contributed by atoms with van der Waals surface area (Å²) < 4.78 is 0. The maximum atomic E-state index is 12.2. The lowest BCUT2D eigenvalue weighted by molar-refractivity contribution is 0.0696. The van der Waals surface area contributed by atoms with Crippen LogP contribution in [-0.4, -0.2) is 22.0 Å². The van der Waals surface area contributed by atoms with Gasteiger partial charge in [-0.3, -0.25) is 4.79 Å². The molecule has 0 saturated heterocycles. The quantitative estimate of drug-likeness (QED) is 0.835. The second-order valence-corrected chi connectivity index (χ2v) is 5.41. The van der Waals surface area contributed by atoms with Crippen LogP contribution in [-0.2, 0) is 0 Å². The molecule has 0 spiro atoms. The van der Waals surface area contributed by atoms with Gasteiger partial charge < -0.3 is 10.4 Å². The molecule has 0 unspecified atom stereocenters. The van der Waals surface area contributed by atoms with Crippen molar-refractivity contribution in [2.75, 3.05) is 0 Å². The average molecular weight is 339 g/mol. The summed E-state index contributed by atoms with van der Waals surface area (Å²) in [5.74, 6) is -1.41. The lowest BCUT2D eigenvalue weighted by atomic mass is 10.1. The molecule has 0 aliphatic heterocycles. The predicted octanol–water partition coefficient (Wildman–Crippen LogP) is 3.58. The second kappa shape index (κ2) is 6.77. The van der Waals surface area contributed by atoms with E-state index in [-0.39, 0.29) is 22.3 Å². The number of aromatic carboxylic acids is 1. The summed E-state index contributed by atoms with van der Waals surface area (Å²) in [4.78, 5) is 26.8. The molecule has 1 atom stereocenters. The third kappa shape index (κ3) is 3.75. The zero-order chi connectivity index (χ0) is 16.3. The van der Waals surface area contributed by atoms with Crippen LogP contribution in [0.3, 0.4) is 0 Å². The number of carboxylic acids is 1. The summed E-state index contributed by atoms with van der Waals surface area (Å²) in [7, 11) is 0. The molecule has 2 aromatic rings. The zero-order valence-corrected chi connectivity index (χ0v) is 13.0. The number of nitrogens with zero attached hydrogens (tertiary/aromatic N) is 1. The van der Waals surface area contributed by atoms with E-state index in [0.29, 0.717) is 5.02 Å². The highest BCUT2D eigenvalue weighted by atomic mass is 35.5. The van der Waals surface area contributed by atoms with Crippen LogP contribution in [0.25, 0.3) is 0 Å². The Balaban J connectivity index is 2.14. The number of carboxylic acid groups (broad SMARTS) is 1. The number of aromatic nitrogens is 1. The molecule has 0 radical (unpaired) electrons. The van der Waals surface area contributed by atoms with Gasteiger partial charge in [0, 0.05) is 6.20 Å². The third-order valence-electron chi connectivity index (χ3n) is 3.06. The van der Waals surface area contributed by atoms with Crippen molar-refractivity contribution in [2.45, 2.75) is 13.0 Å². The molecule has 0 aliphatic rings. The van der Waals surface area contributed by atoms with Crippen molar-refractivity contribution in [1.82, 2.24) is 10.3 Å². The van der Waals surface area contributed by atoms with E-state index in [4.69, 9.17) is 28.3 Å². The summed E-state index contributed by atoms with van der Waals surface area (Å²) in [5, 5.41) is 12.0. The van der Waals surface area contributed by atoms with Crippen LogP contribution in [0.4, 0.5) is 0 Å². The molecule has 2 N–H and O–H groups in total. The topological polar surface area (TPSA) is 79.3 Å². The van der Waals surface area contributed by atoms with Gasteiger partial charge in [-0.1, -0.05) is 35.3 Å². The van der Waals surface area contributed by atoms with Crippen LogP contribution in [0.15, 0.2) is 36.5 Å². The van der Waals surface area contributed by atoms with Gasteiger partial charge in [-0.15, -0.1) is 0 Å². The van der Waals surface area contributed by atoms with Gasteiger partial charge in [-0.2, -0.15) is 0 Å². The summed E-state index contributed by atoms with van der Waals surface area (Å²) in [5.41, 5.74) is 1.14. The number of benzene rings is 1. The van der Waals surface area contributed by atoms with E-state index in [1.54, 1.807) is 19.1 Å². The highest BCUT2D eigenvalue weighted by molar-refractivity contribution is 6.34. The zero-order valence-electron chi connectivity index (χ0n) is 11.5. The minimum Gasteiger partial charge on any atom is -0.478 e. The van der Waals surface area contributed by atoms with Crippen molar-refractivity contribution in [3.8, 4) is 0 Å². The number of pyridine rings is 1. The molecule has 0 bridgehead atoms. The lowest BCUT2D eigenvalue weighted by Gasteiger charge is -2.15. The van der Waals surface area contributed by atoms with Crippen molar-refractivity contribution >= 4 is 35.1 Å². The first-order valence-corrected chi connectivity index (χ1v) is 7.09. The molecule has 1 aromatic heterocycles. The van der Waals surface area contributed by atoms with E-state index in [1.165, 1.54) is 24.4 Å². The molecule has 1 aromatic carbocycles. The minimum absolute atomic E-state index is 0.0651. The first-order chi connectivity index (χ1) is 10.4. The Morgan fingerprint density at radius 3 is 2.45 bits per heavy atom. The first kappa shape index (κ1) is 16.3. The Kier molecular flexibility index (Phi) is 5.00. The number of carbonyl (C=O) groups is 2. The maximum absolute atomic E-state index is 12.2. The Morgan fingerprint density at radius 2 is 1.86 bits per heavy atom. The van der Waals surface area contributed by atoms with Crippen LogP contribution in [0.2, 0.25) is 10.2 Å². The average Bonchev–Trinajstić information content (AvgIpc) is 2.49. The van der Waals surface area contributed by atoms with Gasteiger partial charge in [0.15, 0.2) is 0 Å². The van der Waals surface area contributed by atoms with Gasteiger partial charge in [-0.05, 0) is 30.7 Å². The van der Waals surface area contributed by atoms with Crippen molar-refractivity contribution in [3.63, 3.8) is 0 Å². The monoisotopic (exact) mass is 338 g/mol. The van der Waals surface area contributed by atoms with Crippen molar-refractivity contribution in [3.05, 3.63) is 63.4 Å². The van der Waals surface area contributed by atoms with Gasteiger partial charge in [0.1, 0.15) is 5.15 Å². The van der Waals surface area contributed by atoms with Crippen LogP contribution >= 0.6 is 23.2 Å². The molecule has 1 heterocycles. The molecule has 0 fully saturated rings. The fraction of sp³-hybridized carbons (Fsp3) is 0.133. The van der Waals surface area contributed by atoms with E-state index < -0.39 is 11.9 Å². The summed E-state index contributed by atoms with van der Waals surface area (Å²) >= 11 is 11.7. The van der Waals surface area contributed by atoms with Gasteiger partial charge >= 0.3 is 5.97 Å². The van der Waals surface area contributed by atoms with Crippen LogP contribution in [0.5, 0.6) is 0 Å². The van der Waals surface area contributed by atoms with Crippen LogP contribution in [0.1, 0.15) is 39.2 Å². The molecular formula is C15H12Cl2N2O3. The van der Waals surface area contributed by atoms with Crippen LogP contribution in [0, 0.1) is 0 Å². The molecule has 5 nitrogen and oxygen atoms in total. The largest absolute Gasteiger partial charge is 0.478 e. The molecular weight excluding hydrogens is 327 g/mol. The molecule has 7 heteroatoms. The number of halogens is 2. The Morgan fingerprint density at radius 1 is 1.23 bits per heavy atom. The fourth-order valence-corrected chi connectivity index (χ4v) is 2.20. The lowest BCUT2D eigenvalue weighted by Crippen LogP contribution is -2.27. The van der Waals surface area contributed by atoms with Crippen molar-refractivity contribution in [2.24, 2.45) is 0 Å². The van der Waals surface area contributed by atoms with Crippen molar-refractivity contribution < 1.29 is 14.7 Å². The van der Waals surface area contributed by atoms with Gasteiger partial charge in [0.2, 0.25) is 0 Å². The number of amides is 1. The van der Waals surface area contributed by atoms with E-state index in [2.05, 4.69) is 10.3 Å². The number of hydrogen-bond acceptors (Lipinski definition) is 3. The van der Waals surface area contributed by atoms with E-state index >= 15 is 0 Å². The van der Waals surface area contributed by atoms with Crippen molar-refractivity contribution in [1.29, 1.82) is 0 Å². The summed E-state index contributed by atoms with van der Waals surface area (Å²) in [6, 6.07) is 7.36. The second-order valence-electron chi connectivity index (χ2n) is 4.61.